The SMILES string of the molecule is COc1cc2c(cc1OC)[C@H](NC(=O)CNC(=O)c1ccccc1)CC2. The largest absolute Gasteiger partial charge is 0.493 e. The summed E-state index contributed by atoms with van der Waals surface area (Å²) in [5.74, 6) is 0.846. The third-order valence-corrected chi connectivity index (χ3v) is 4.50. The Morgan fingerprint density at radius 3 is 2.46 bits per heavy atom. The van der Waals surface area contributed by atoms with E-state index in [4.69, 9.17) is 9.47 Å². The fourth-order valence-corrected chi connectivity index (χ4v) is 3.18. The van der Waals surface area contributed by atoms with E-state index in [2.05, 4.69) is 10.6 Å². The molecule has 2 aromatic rings. The van der Waals surface area contributed by atoms with Crippen molar-refractivity contribution in [1.82, 2.24) is 10.6 Å². The van der Waals surface area contributed by atoms with Crippen LogP contribution in [0.4, 0.5) is 0 Å². The first-order valence-electron chi connectivity index (χ1n) is 8.49. The van der Waals surface area contributed by atoms with Gasteiger partial charge in [0.25, 0.3) is 5.91 Å². The minimum atomic E-state index is -0.265. The van der Waals surface area contributed by atoms with E-state index >= 15 is 0 Å². The molecule has 1 aliphatic rings. The normalized spacial score (nSPS) is 15.1. The fourth-order valence-electron chi connectivity index (χ4n) is 3.18. The summed E-state index contributed by atoms with van der Waals surface area (Å²) in [6.07, 6.45) is 1.67. The predicted molar refractivity (Wildman–Crippen MR) is 97.5 cm³/mol. The maximum Gasteiger partial charge on any atom is 0.251 e. The maximum atomic E-state index is 12.2. The summed E-state index contributed by atoms with van der Waals surface area (Å²) in [7, 11) is 3.19. The number of rotatable bonds is 6. The van der Waals surface area contributed by atoms with Gasteiger partial charge in [-0.25, -0.2) is 0 Å². The van der Waals surface area contributed by atoms with E-state index in [0.29, 0.717) is 17.1 Å². The van der Waals surface area contributed by atoms with Gasteiger partial charge in [-0.3, -0.25) is 9.59 Å². The van der Waals surface area contributed by atoms with E-state index in [-0.39, 0.29) is 24.4 Å². The van der Waals surface area contributed by atoms with E-state index in [1.165, 1.54) is 0 Å². The highest BCUT2D eigenvalue weighted by Crippen LogP contribution is 2.39. The summed E-state index contributed by atoms with van der Waals surface area (Å²) in [6, 6.07) is 12.6. The van der Waals surface area contributed by atoms with Gasteiger partial charge in [0.05, 0.1) is 26.8 Å². The van der Waals surface area contributed by atoms with Crippen LogP contribution in [0.5, 0.6) is 11.5 Å². The van der Waals surface area contributed by atoms with Gasteiger partial charge in [-0.2, -0.15) is 0 Å². The van der Waals surface area contributed by atoms with Crippen molar-refractivity contribution >= 4 is 11.8 Å². The fraction of sp³-hybridized carbons (Fsp3) is 0.300. The molecule has 0 fully saturated rings. The highest BCUT2D eigenvalue weighted by Gasteiger charge is 2.26. The van der Waals surface area contributed by atoms with E-state index < -0.39 is 0 Å². The monoisotopic (exact) mass is 354 g/mol. The molecule has 2 aromatic carbocycles. The van der Waals surface area contributed by atoms with Crippen molar-refractivity contribution < 1.29 is 19.1 Å². The molecule has 0 spiro atoms. The van der Waals surface area contributed by atoms with Crippen molar-refractivity contribution in [2.45, 2.75) is 18.9 Å². The smallest absolute Gasteiger partial charge is 0.251 e. The minimum Gasteiger partial charge on any atom is -0.493 e. The Morgan fingerprint density at radius 1 is 1.08 bits per heavy atom. The number of aryl methyl sites for hydroxylation is 1. The van der Waals surface area contributed by atoms with Gasteiger partial charge in [0.2, 0.25) is 5.91 Å². The molecule has 1 aliphatic carbocycles. The van der Waals surface area contributed by atoms with Crippen LogP contribution in [0, 0.1) is 0 Å². The Bertz CT molecular complexity index is 805. The first-order chi connectivity index (χ1) is 12.6. The van der Waals surface area contributed by atoms with Crippen molar-refractivity contribution in [3.05, 3.63) is 59.2 Å². The van der Waals surface area contributed by atoms with Gasteiger partial charge >= 0.3 is 0 Å². The van der Waals surface area contributed by atoms with Crippen LogP contribution < -0.4 is 20.1 Å². The number of nitrogens with one attached hydrogen (secondary N) is 2. The molecule has 0 radical (unpaired) electrons. The van der Waals surface area contributed by atoms with Gasteiger partial charge in [-0.05, 0) is 48.2 Å². The maximum absolute atomic E-state index is 12.2. The van der Waals surface area contributed by atoms with Gasteiger partial charge in [0, 0.05) is 5.56 Å². The lowest BCUT2D eigenvalue weighted by Gasteiger charge is -2.16. The number of amides is 2. The van der Waals surface area contributed by atoms with Crippen LogP contribution in [0.15, 0.2) is 42.5 Å². The van der Waals surface area contributed by atoms with Crippen molar-refractivity contribution in [2.75, 3.05) is 20.8 Å². The van der Waals surface area contributed by atoms with Gasteiger partial charge in [0.1, 0.15) is 0 Å². The molecule has 26 heavy (non-hydrogen) atoms. The van der Waals surface area contributed by atoms with Gasteiger partial charge in [0.15, 0.2) is 11.5 Å². The first-order valence-corrected chi connectivity index (χ1v) is 8.49. The zero-order valence-corrected chi connectivity index (χ0v) is 14.9. The van der Waals surface area contributed by atoms with Crippen molar-refractivity contribution in [3.8, 4) is 11.5 Å². The average molecular weight is 354 g/mol. The topological polar surface area (TPSA) is 76.7 Å². The van der Waals surface area contributed by atoms with Crippen LogP contribution >= 0.6 is 0 Å². The van der Waals surface area contributed by atoms with Crippen LogP contribution in [0.1, 0.15) is 33.9 Å². The van der Waals surface area contributed by atoms with Crippen molar-refractivity contribution in [1.29, 1.82) is 0 Å². The number of carbonyl (C=O) groups excluding carboxylic acids is 2. The van der Waals surface area contributed by atoms with E-state index in [1.54, 1.807) is 38.5 Å². The summed E-state index contributed by atoms with van der Waals surface area (Å²) in [6.45, 7) is -0.0626. The lowest BCUT2D eigenvalue weighted by atomic mass is 10.1. The van der Waals surface area contributed by atoms with Crippen LogP contribution in [0.2, 0.25) is 0 Å². The molecule has 3 rings (SSSR count). The highest BCUT2D eigenvalue weighted by molar-refractivity contribution is 5.96. The second kappa shape index (κ2) is 7.91. The molecule has 2 N–H and O–H groups in total. The van der Waals surface area contributed by atoms with Gasteiger partial charge in [-0.1, -0.05) is 18.2 Å². The summed E-state index contributed by atoms with van der Waals surface area (Å²) in [5, 5.41) is 5.62. The van der Waals surface area contributed by atoms with Crippen LogP contribution in [-0.2, 0) is 11.2 Å². The molecule has 2 amide bonds. The Morgan fingerprint density at radius 2 is 1.77 bits per heavy atom. The molecule has 0 heterocycles. The van der Waals surface area contributed by atoms with Crippen LogP contribution in [0.3, 0.4) is 0 Å². The summed E-state index contributed by atoms with van der Waals surface area (Å²) < 4.78 is 10.7. The van der Waals surface area contributed by atoms with Crippen LogP contribution in [0.25, 0.3) is 0 Å². The number of fused-ring (bicyclic) bond motifs is 1. The van der Waals surface area contributed by atoms with E-state index in [9.17, 15) is 9.59 Å². The second-order valence-electron chi connectivity index (χ2n) is 6.11. The first kappa shape index (κ1) is 17.8. The van der Waals surface area contributed by atoms with Crippen molar-refractivity contribution in [3.63, 3.8) is 0 Å². The molecule has 136 valence electrons. The number of hydrogen-bond acceptors (Lipinski definition) is 4. The molecule has 0 saturated heterocycles. The van der Waals surface area contributed by atoms with Gasteiger partial charge in [-0.15, -0.1) is 0 Å². The number of ether oxygens (including phenoxy) is 2. The summed E-state index contributed by atoms with van der Waals surface area (Å²) in [5.41, 5.74) is 2.70. The lowest BCUT2D eigenvalue weighted by Crippen LogP contribution is -2.38. The molecule has 0 saturated carbocycles. The third kappa shape index (κ3) is 3.79. The molecular weight excluding hydrogens is 332 g/mol. The summed E-state index contributed by atoms with van der Waals surface area (Å²) >= 11 is 0. The number of benzene rings is 2. The zero-order chi connectivity index (χ0) is 18.5. The molecule has 0 bridgehead atoms. The van der Waals surface area contributed by atoms with Crippen molar-refractivity contribution in [2.24, 2.45) is 0 Å². The number of hydrogen-bond donors (Lipinski definition) is 2. The molecule has 0 aromatic heterocycles. The number of methoxy groups -OCH3 is 2. The zero-order valence-electron chi connectivity index (χ0n) is 14.9. The Kier molecular flexibility index (Phi) is 5.41. The molecule has 0 unspecified atom stereocenters. The highest BCUT2D eigenvalue weighted by atomic mass is 16.5. The number of carbonyl (C=O) groups is 2. The summed E-state index contributed by atoms with van der Waals surface area (Å²) in [4.78, 5) is 24.3. The minimum absolute atomic E-state index is 0.0626. The quantitative estimate of drug-likeness (QED) is 0.834. The lowest BCUT2D eigenvalue weighted by molar-refractivity contribution is -0.120. The predicted octanol–water partition coefficient (Wildman–Crippen LogP) is 2.24. The molecule has 6 heteroatoms. The second-order valence-corrected chi connectivity index (χ2v) is 6.11. The van der Waals surface area contributed by atoms with E-state index in [1.807, 2.05) is 18.2 Å². The molecule has 0 aliphatic heterocycles. The molecule has 6 nitrogen and oxygen atoms in total. The molecule has 1 atom stereocenters. The van der Waals surface area contributed by atoms with Crippen LogP contribution in [-0.4, -0.2) is 32.6 Å². The standard InChI is InChI=1S/C20H22N2O4/c1-25-17-10-14-8-9-16(15(14)11-18(17)26-2)22-19(23)12-21-20(24)13-6-4-3-5-7-13/h3-7,10-11,16H,8-9,12H2,1-2H3,(H,21,24)(H,22,23)/t16-/m1/s1. The van der Waals surface area contributed by atoms with Gasteiger partial charge < -0.3 is 20.1 Å². The average Bonchev–Trinajstić information content (AvgIpc) is 3.07. The van der Waals surface area contributed by atoms with E-state index in [0.717, 1.165) is 24.0 Å². The third-order valence-electron chi connectivity index (χ3n) is 4.50. The Balaban J connectivity index is 1.61. The Labute approximate surface area is 152 Å². The molecular formula is C20H22N2O4. The Hall–Kier alpha value is -3.02.